The number of carbonyl (C=O) groups excluding carboxylic acids is 1. The quantitative estimate of drug-likeness (QED) is 0.0875. The lowest BCUT2D eigenvalue weighted by Gasteiger charge is -2.57. The van der Waals surface area contributed by atoms with Crippen molar-refractivity contribution in [2.75, 3.05) is 43.0 Å². The molecule has 5 aromatic rings. The van der Waals surface area contributed by atoms with E-state index in [0.29, 0.717) is 30.7 Å². The first-order valence-electron chi connectivity index (χ1n) is 24.0. The molecule has 4 fully saturated rings. The largest absolute Gasteiger partial charge is 0.489 e. The number of anilines is 2. The second-order valence-electron chi connectivity index (χ2n) is 20.4. The summed E-state index contributed by atoms with van der Waals surface area (Å²) in [6, 6.07) is 18.2. The second-order valence-corrected chi connectivity index (χ2v) is 22.1. The van der Waals surface area contributed by atoms with Crippen LogP contribution in [0.4, 0.5) is 21.5 Å². The van der Waals surface area contributed by atoms with E-state index in [2.05, 4.69) is 79.7 Å². The Labute approximate surface area is 396 Å². The van der Waals surface area contributed by atoms with Crippen molar-refractivity contribution in [1.82, 2.24) is 19.6 Å². The number of H-pyrrole nitrogens is 1. The number of aliphatic hydroxyl groups is 1. The number of ether oxygens (including phenoxy) is 2. The number of pyridine rings is 1. The Bertz CT molecular complexity index is 2880. The lowest BCUT2D eigenvalue weighted by molar-refractivity contribution is -0.0493. The molecule has 2 aromatic heterocycles. The molecular weight excluding hydrogens is 886 g/mol. The SMILES string of the molecule is C=Cc1nc2[nH]cc(F)c2cc1Oc1cc(N2CCC3(CC2)CN([C@@H]2CCC[C@@H]2c2ccccc2C(C)C)C3)ccc1C(=O)NS(=O)(=O)c1cc(N=O)c2c(c1)OC[C@H]([C@H]1CC[C@](C)(O)CC1)N2. The standard InChI is InChI=1S/C52H60FN7O7S/c1-5-41-46(26-39-40(53)27-54-49(39)56-41)67-45-23-33(59-21-19-52(20-22-59)29-60(30-52)44-12-8-11-37(44)36-10-7-6-9-35(36)31(2)3)13-14-38(45)50(61)58-68(64,65)34-24-42(57-63)48-47(25-34)66-28-43(55-48)32-15-17-51(4,62)18-16-32/h5-7,9-10,13-14,23-27,31-32,37,43-44,55,62H,1,8,11-12,15-22,28-30H2,2-4H3,(H,54,56)(H,58,61)/t32-,37-,43-,44-,51-/m1/s1. The van der Waals surface area contributed by atoms with Gasteiger partial charge in [-0.05, 0) is 128 Å². The number of nitroso groups, excluding NO2 is 1. The number of fused-ring (bicyclic) bond motifs is 2. The van der Waals surface area contributed by atoms with Crippen LogP contribution in [0.25, 0.3) is 17.1 Å². The highest BCUT2D eigenvalue weighted by atomic mass is 32.2. The molecule has 3 aromatic carbocycles. The summed E-state index contributed by atoms with van der Waals surface area (Å²) in [7, 11) is -4.61. The van der Waals surface area contributed by atoms with Gasteiger partial charge in [0.1, 0.15) is 46.6 Å². The molecule has 2 saturated carbocycles. The van der Waals surface area contributed by atoms with E-state index in [1.807, 2.05) is 6.92 Å². The van der Waals surface area contributed by atoms with Crippen LogP contribution in [0, 0.1) is 22.1 Å². The average molecular weight is 946 g/mol. The molecule has 4 N–H and O–H groups in total. The van der Waals surface area contributed by atoms with Crippen LogP contribution in [0.1, 0.15) is 118 Å². The molecule has 2 saturated heterocycles. The molecule has 0 bridgehead atoms. The van der Waals surface area contributed by atoms with Gasteiger partial charge in [-0.1, -0.05) is 51.1 Å². The van der Waals surface area contributed by atoms with Gasteiger partial charge in [0, 0.05) is 56.2 Å². The predicted octanol–water partition coefficient (Wildman–Crippen LogP) is 10.1. The molecule has 2 aliphatic carbocycles. The number of halogens is 1. The molecule has 14 nitrogen and oxygen atoms in total. The first kappa shape index (κ1) is 45.9. The van der Waals surface area contributed by atoms with Crippen LogP contribution in [0.5, 0.6) is 17.2 Å². The maximum absolute atomic E-state index is 14.9. The lowest BCUT2D eigenvalue weighted by Crippen LogP contribution is -2.63. The minimum Gasteiger partial charge on any atom is -0.489 e. The zero-order chi connectivity index (χ0) is 47.5. The summed E-state index contributed by atoms with van der Waals surface area (Å²) in [5.41, 5.74) is 3.83. The maximum atomic E-state index is 14.9. The van der Waals surface area contributed by atoms with Crippen molar-refractivity contribution in [2.45, 2.75) is 113 Å². The number of aromatic amines is 1. The number of nitrogens with one attached hydrogen (secondary N) is 3. The van der Waals surface area contributed by atoms with E-state index >= 15 is 0 Å². The Morgan fingerprint density at radius 1 is 1.04 bits per heavy atom. The molecule has 3 atom stereocenters. The molecule has 5 heterocycles. The smallest absolute Gasteiger partial charge is 0.268 e. The van der Waals surface area contributed by atoms with Gasteiger partial charge in [-0.3, -0.25) is 9.69 Å². The number of sulfonamides is 1. The number of aromatic nitrogens is 2. The topological polar surface area (TPSA) is 179 Å². The van der Waals surface area contributed by atoms with E-state index < -0.39 is 27.3 Å². The van der Waals surface area contributed by atoms with Gasteiger partial charge in [0.05, 0.1) is 27.5 Å². The summed E-state index contributed by atoms with van der Waals surface area (Å²) in [5.74, 6) is -0.0610. The van der Waals surface area contributed by atoms with Gasteiger partial charge in [0.15, 0.2) is 5.75 Å². The van der Waals surface area contributed by atoms with Gasteiger partial charge in [-0.2, -0.15) is 0 Å². The molecule has 1 spiro atoms. The third kappa shape index (κ3) is 8.75. The van der Waals surface area contributed by atoms with Crippen LogP contribution in [0.3, 0.4) is 0 Å². The van der Waals surface area contributed by atoms with Gasteiger partial charge in [0.2, 0.25) is 0 Å². The van der Waals surface area contributed by atoms with Crippen LogP contribution in [0.2, 0.25) is 0 Å². The highest BCUT2D eigenvalue weighted by molar-refractivity contribution is 7.90. The fourth-order valence-corrected chi connectivity index (χ4v) is 12.7. The van der Waals surface area contributed by atoms with E-state index in [0.717, 1.165) is 63.6 Å². The monoisotopic (exact) mass is 945 g/mol. The number of likely N-dealkylation sites (tertiary alicyclic amines) is 1. The first-order valence-corrected chi connectivity index (χ1v) is 25.5. The Morgan fingerprint density at radius 2 is 1.81 bits per heavy atom. The normalized spacial score (nSPS) is 24.8. The molecule has 68 heavy (non-hydrogen) atoms. The highest BCUT2D eigenvalue weighted by Gasteiger charge is 2.49. The van der Waals surface area contributed by atoms with Gasteiger partial charge in [-0.15, -0.1) is 4.91 Å². The number of benzene rings is 3. The Balaban J connectivity index is 0.876. The average Bonchev–Trinajstić information content (AvgIpc) is 3.96. The molecule has 0 unspecified atom stereocenters. The van der Waals surface area contributed by atoms with Gasteiger partial charge in [-0.25, -0.2) is 22.5 Å². The molecule has 16 heteroatoms. The molecular formula is C52H60FN7O7S. The predicted molar refractivity (Wildman–Crippen MR) is 261 cm³/mol. The number of rotatable bonds is 12. The minimum atomic E-state index is -4.61. The summed E-state index contributed by atoms with van der Waals surface area (Å²) < 4.78 is 57.5. The van der Waals surface area contributed by atoms with Crippen LogP contribution in [-0.2, 0) is 10.0 Å². The van der Waals surface area contributed by atoms with Crippen molar-refractivity contribution < 1.29 is 32.2 Å². The number of hydrogen-bond donors (Lipinski definition) is 4. The first-order chi connectivity index (χ1) is 32.6. The fraction of sp³-hybridized carbons (Fsp3) is 0.462. The van der Waals surface area contributed by atoms with E-state index in [-0.39, 0.29) is 79.8 Å². The number of hydrogen-bond acceptors (Lipinski definition) is 12. The molecule has 0 radical (unpaired) electrons. The van der Waals surface area contributed by atoms with Gasteiger partial charge >= 0.3 is 0 Å². The second kappa shape index (κ2) is 17.9. The molecule has 1 amide bonds. The van der Waals surface area contributed by atoms with Crippen LogP contribution < -0.4 is 24.4 Å². The van der Waals surface area contributed by atoms with E-state index in [9.17, 15) is 27.6 Å². The van der Waals surface area contributed by atoms with Crippen molar-refractivity contribution in [3.8, 4) is 17.2 Å². The molecule has 10 rings (SSSR count). The third-order valence-corrected chi connectivity index (χ3v) is 16.9. The minimum absolute atomic E-state index is 0.0305. The van der Waals surface area contributed by atoms with Crippen LogP contribution in [0.15, 0.2) is 83.5 Å². The number of carbonyl (C=O) groups is 1. The van der Waals surface area contributed by atoms with Crippen molar-refractivity contribution in [3.63, 3.8) is 0 Å². The fourth-order valence-electron chi connectivity index (χ4n) is 11.7. The molecule has 358 valence electrons. The van der Waals surface area contributed by atoms with Crippen LogP contribution >= 0.6 is 0 Å². The van der Waals surface area contributed by atoms with Gasteiger partial charge in [0.25, 0.3) is 15.9 Å². The molecule has 3 aliphatic heterocycles. The van der Waals surface area contributed by atoms with E-state index in [1.54, 1.807) is 12.1 Å². The molecule has 5 aliphatic rings. The van der Waals surface area contributed by atoms with Crippen molar-refractivity contribution in [3.05, 3.63) is 107 Å². The summed E-state index contributed by atoms with van der Waals surface area (Å²) in [6.07, 6.45) is 11.1. The number of amides is 1. The number of nitrogens with zero attached hydrogens (tertiary/aromatic N) is 4. The van der Waals surface area contributed by atoms with Crippen molar-refractivity contribution in [1.29, 1.82) is 0 Å². The summed E-state index contributed by atoms with van der Waals surface area (Å²) >= 11 is 0. The van der Waals surface area contributed by atoms with Crippen molar-refractivity contribution >= 4 is 50.1 Å². The van der Waals surface area contributed by atoms with E-state index in [1.165, 1.54) is 60.9 Å². The van der Waals surface area contributed by atoms with Crippen LogP contribution in [-0.4, -0.2) is 84.8 Å². The summed E-state index contributed by atoms with van der Waals surface area (Å²) in [5, 5.41) is 17.1. The maximum Gasteiger partial charge on any atom is 0.268 e. The summed E-state index contributed by atoms with van der Waals surface area (Å²) in [4.78, 5) is 38.3. The van der Waals surface area contributed by atoms with Crippen molar-refractivity contribution in [2.24, 2.45) is 16.5 Å². The van der Waals surface area contributed by atoms with Gasteiger partial charge < -0.3 is 29.8 Å². The Kier molecular flexibility index (Phi) is 12.1. The lowest BCUT2D eigenvalue weighted by atomic mass is 9.70. The third-order valence-electron chi connectivity index (χ3n) is 15.6. The van der Waals surface area contributed by atoms with E-state index in [4.69, 9.17) is 9.47 Å². The Hall–Kier alpha value is -5.84. The zero-order valence-corrected chi connectivity index (χ0v) is 39.7. The Morgan fingerprint density at radius 3 is 2.54 bits per heavy atom. The zero-order valence-electron chi connectivity index (χ0n) is 38.9. The summed E-state index contributed by atoms with van der Waals surface area (Å²) in [6.45, 7) is 14.2. The highest BCUT2D eigenvalue weighted by Crippen LogP contribution is 2.49. The number of piperidine rings is 1.